The van der Waals surface area contributed by atoms with E-state index in [2.05, 4.69) is 60.6 Å². The lowest BCUT2D eigenvalue weighted by atomic mass is 10.1. The molecule has 4 heterocycles. The molecule has 0 aliphatic carbocycles. The Bertz CT molecular complexity index is 1290. The van der Waals surface area contributed by atoms with Crippen molar-refractivity contribution in [3.05, 3.63) is 54.2 Å². The molecule has 0 radical (unpaired) electrons. The number of aryl methyl sites for hydroxylation is 2. The van der Waals surface area contributed by atoms with Gasteiger partial charge in [0, 0.05) is 48.2 Å². The van der Waals surface area contributed by atoms with Crippen molar-refractivity contribution in [2.75, 3.05) is 5.32 Å². The largest absolute Gasteiger partial charge is 0.353 e. The Morgan fingerprint density at radius 3 is 2.58 bits per heavy atom. The predicted molar refractivity (Wildman–Crippen MR) is 126 cm³/mol. The minimum atomic E-state index is 0.534. The van der Waals surface area contributed by atoms with Crippen molar-refractivity contribution < 1.29 is 0 Å². The van der Waals surface area contributed by atoms with E-state index < -0.39 is 0 Å². The third kappa shape index (κ3) is 4.23. The van der Waals surface area contributed by atoms with E-state index in [0.717, 1.165) is 57.1 Å². The zero-order chi connectivity index (χ0) is 22.0. The van der Waals surface area contributed by atoms with Crippen LogP contribution in [-0.2, 0) is 7.05 Å². The molecule has 0 spiro atoms. The van der Waals surface area contributed by atoms with Crippen LogP contribution in [0.3, 0.4) is 0 Å². The third-order valence-electron chi connectivity index (χ3n) is 4.88. The van der Waals surface area contributed by atoms with Crippen molar-refractivity contribution in [3.8, 4) is 11.4 Å². The van der Waals surface area contributed by atoms with E-state index in [-0.39, 0.29) is 0 Å². The van der Waals surface area contributed by atoms with Gasteiger partial charge in [-0.25, -0.2) is 15.0 Å². The summed E-state index contributed by atoms with van der Waals surface area (Å²) in [5.41, 5.74) is 7.76. The van der Waals surface area contributed by atoms with Gasteiger partial charge in [-0.2, -0.15) is 10.2 Å². The molecule has 0 amide bonds. The van der Waals surface area contributed by atoms with Crippen molar-refractivity contribution in [1.29, 1.82) is 0 Å². The molecule has 1 aliphatic heterocycles. The van der Waals surface area contributed by atoms with Crippen LogP contribution in [0.1, 0.15) is 38.4 Å². The molecule has 2 N–H and O–H groups in total. The number of benzene rings is 1. The monoisotopic (exact) mass is 414 g/mol. The number of anilines is 2. The van der Waals surface area contributed by atoms with Crippen LogP contribution in [-0.4, -0.2) is 35.9 Å². The second kappa shape index (κ2) is 8.51. The van der Waals surface area contributed by atoms with Gasteiger partial charge in [0.25, 0.3) is 0 Å². The van der Waals surface area contributed by atoms with E-state index in [4.69, 9.17) is 0 Å². The molecule has 1 aliphatic rings. The smallest absolute Gasteiger partial charge is 0.227 e. The Balaban J connectivity index is 0.00000112. The summed E-state index contributed by atoms with van der Waals surface area (Å²) in [5.74, 6) is 0.534. The Morgan fingerprint density at radius 1 is 1.03 bits per heavy atom. The number of imidazole rings is 1. The van der Waals surface area contributed by atoms with Crippen LogP contribution in [0.4, 0.5) is 11.6 Å². The molecule has 0 unspecified atom stereocenters. The second-order valence-electron chi connectivity index (χ2n) is 7.31. The minimum Gasteiger partial charge on any atom is -0.353 e. The molecule has 0 fully saturated rings. The lowest BCUT2D eigenvalue weighted by Crippen LogP contribution is -2.01. The molecule has 1 aromatic carbocycles. The van der Waals surface area contributed by atoms with Crippen LogP contribution < -0.4 is 5.32 Å². The van der Waals surface area contributed by atoms with Crippen molar-refractivity contribution >= 4 is 34.0 Å². The van der Waals surface area contributed by atoms with Gasteiger partial charge >= 0.3 is 0 Å². The van der Waals surface area contributed by atoms with Gasteiger partial charge in [0.2, 0.25) is 5.95 Å². The average Bonchev–Trinajstić information content (AvgIpc) is 3.49. The van der Waals surface area contributed by atoms with Crippen LogP contribution in [0.5, 0.6) is 0 Å². The van der Waals surface area contributed by atoms with Gasteiger partial charge < -0.3 is 14.9 Å². The highest BCUT2D eigenvalue weighted by Gasteiger charge is 2.15. The fourth-order valence-corrected chi connectivity index (χ4v) is 3.50. The van der Waals surface area contributed by atoms with E-state index in [9.17, 15) is 0 Å². The van der Waals surface area contributed by atoms with E-state index in [1.165, 1.54) is 0 Å². The molecule has 8 nitrogen and oxygen atoms in total. The number of hydrogen-bond acceptors (Lipinski definition) is 6. The summed E-state index contributed by atoms with van der Waals surface area (Å²) in [7, 11) is 1.94. The summed E-state index contributed by atoms with van der Waals surface area (Å²) >= 11 is 0. The molecule has 0 saturated carbocycles. The van der Waals surface area contributed by atoms with Crippen molar-refractivity contribution in [2.45, 2.75) is 34.1 Å². The number of aromatic amines is 1. The first-order valence-electron chi connectivity index (χ1n) is 10.4. The lowest BCUT2D eigenvalue weighted by molar-refractivity contribution is 0.913. The molecular weight excluding hydrogens is 388 g/mol. The quantitative estimate of drug-likeness (QED) is 0.491. The van der Waals surface area contributed by atoms with E-state index in [1.54, 1.807) is 12.5 Å². The minimum absolute atomic E-state index is 0.534. The normalized spacial score (nSPS) is 12.9. The summed E-state index contributed by atoms with van der Waals surface area (Å²) < 4.78 is 1.90. The first-order chi connectivity index (χ1) is 15.0. The van der Waals surface area contributed by atoms with E-state index in [0.29, 0.717) is 5.95 Å². The SMILES string of the molecule is CC.CC1=NN=C(c2cc3cc(Nc4nccc(-c5cn(C)cn5)n4)cc(C)c3[nH]2)C1. The number of aromatic nitrogens is 5. The van der Waals surface area contributed by atoms with Crippen LogP contribution >= 0.6 is 0 Å². The maximum Gasteiger partial charge on any atom is 0.227 e. The molecule has 158 valence electrons. The number of H-pyrrole nitrogens is 1. The van der Waals surface area contributed by atoms with Gasteiger partial charge in [-0.1, -0.05) is 13.8 Å². The maximum atomic E-state index is 4.60. The average molecular weight is 415 g/mol. The Labute approximate surface area is 181 Å². The molecule has 8 heteroatoms. The van der Waals surface area contributed by atoms with Crippen LogP contribution in [0.15, 0.2) is 53.2 Å². The van der Waals surface area contributed by atoms with Crippen molar-refractivity contribution in [3.63, 3.8) is 0 Å². The molecule has 4 aromatic rings. The Hall–Kier alpha value is -3.81. The van der Waals surface area contributed by atoms with Crippen LogP contribution in [0, 0.1) is 6.92 Å². The highest BCUT2D eigenvalue weighted by molar-refractivity contribution is 6.15. The molecule has 0 atom stereocenters. The summed E-state index contributed by atoms with van der Waals surface area (Å²) in [4.78, 5) is 16.8. The van der Waals surface area contributed by atoms with Gasteiger partial charge in [0.05, 0.1) is 23.4 Å². The zero-order valence-corrected chi connectivity index (χ0v) is 18.4. The highest BCUT2D eigenvalue weighted by Crippen LogP contribution is 2.27. The first-order valence-corrected chi connectivity index (χ1v) is 10.4. The summed E-state index contributed by atoms with van der Waals surface area (Å²) in [6, 6.07) is 8.14. The van der Waals surface area contributed by atoms with Crippen molar-refractivity contribution in [1.82, 2.24) is 24.5 Å². The number of nitrogens with zero attached hydrogens (tertiary/aromatic N) is 6. The standard InChI is InChI=1S/C21H20N8.C2H6/c1-12-6-15(8-14-9-17(25-20(12)14)18-7-13(2)27-28-18)24-21-22-5-4-16(26-21)19-10-29(3)11-23-19;1-2/h4-6,8-11,25H,7H2,1-3H3,(H,22,24,26);1-2H3. The van der Waals surface area contributed by atoms with Crippen molar-refractivity contribution in [2.24, 2.45) is 17.3 Å². The molecule has 3 aromatic heterocycles. The van der Waals surface area contributed by atoms with Gasteiger partial charge in [-0.3, -0.25) is 0 Å². The van der Waals surface area contributed by atoms with Crippen LogP contribution in [0.25, 0.3) is 22.3 Å². The predicted octanol–water partition coefficient (Wildman–Crippen LogP) is 5.01. The fourth-order valence-electron chi connectivity index (χ4n) is 3.50. The highest BCUT2D eigenvalue weighted by atomic mass is 15.2. The zero-order valence-electron chi connectivity index (χ0n) is 18.4. The maximum absolute atomic E-state index is 4.60. The number of nitrogens with one attached hydrogen (secondary N) is 2. The topological polar surface area (TPSA) is 96.1 Å². The molecular formula is C23H26N8. The number of rotatable bonds is 4. The first kappa shape index (κ1) is 20.5. The number of hydrogen-bond donors (Lipinski definition) is 2. The molecule has 0 bridgehead atoms. The second-order valence-corrected chi connectivity index (χ2v) is 7.31. The molecule has 31 heavy (non-hydrogen) atoms. The van der Waals surface area contributed by atoms with E-state index in [1.807, 2.05) is 44.6 Å². The third-order valence-corrected chi connectivity index (χ3v) is 4.88. The van der Waals surface area contributed by atoms with Gasteiger partial charge in [0.1, 0.15) is 5.69 Å². The lowest BCUT2D eigenvalue weighted by Gasteiger charge is -2.07. The summed E-state index contributed by atoms with van der Waals surface area (Å²) in [6.07, 6.45) is 6.21. The Kier molecular flexibility index (Phi) is 5.62. The molecule has 0 saturated heterocycles. The van der Waals surface area contributed by atoms with Crippen LogP contribution in [0.2, 0.25) is 0 Å². The van der Waals surface area contributed by atoms with Gasteiger partial charge in [-0.05, 0) is 43.7 Å². The van der Waals surface area contributed by atoms with E-state index >= 15 is 0 Å². The van der Waals surface area contributed by atoms with Gasteiger partial charge in [-0.15, -0.1) is 0 Å². The molecule has 5 rings (SSSR count). The summed E-state index contributed by atoms with van der Waals surface area (Å²) in [5, 5.41) is 12.8. The summed E-state index contributed by atoms with van der Waals surface area (Å²) in [6.45, 7) is 8.07. The number of fused-ring (bicyclic) bond motifs is 1. The Morgan fingerprint density at radius 2 is 1.87 bits per heavy atom. The fraction of sp³-hybridized carbons (Fsp3) is 0.261. The van der Waals surface area contributed by atoms with Gasteiger partial charge in [0.15, 0.2) is 0 Å².